The van der Waals surface area contributed by atoms with Gasteiger partial charge in [0.05, 0.1) is 11.0 Å². The molecule has 2 N–H and O–H groups in total. The van der Waals surface area contributed by atoms with Gasteiger partial charge in [-0.15, -0.1) is 0 Å². The molecule has 0 saturated heterocycles. The third-order valence-electron chi connectivity index (χ3n) is 4.70. The SMILES string of the molecule is c1ccc2c(CNc3nc4ccccc4[nH]3)c3ccccc3cc2c1. The molecule has 0 radical (unpaired) electrons. The van der Waals surface area contributed by atoms with Crippen LogP contribution in [0.2, 0.25) is 0 Å². The molecular formula is C22H17N3. The van der Waals surface area contributed by atoms with Gasteiger partial charge in [0.2, 0.25) is 5.95 Å². The van der Waals surface area contributed by atoms with Gasteiger partial charge in [-0.1, -0.05) is 60.7 Å². The van der Waals surface area contributed by atoms with Crippen LogP contribution in [0.15, 0.2) is 78.9 Å². The van der Waals surface area contributed by atoms with Crippen molar-refractivity contribution in [3.05, 3.63) is 84.4 Å². The monoisotopic (exact) mass is 323 g/mol. The topological polar surface area (TPSA) is 40.7 Å². The Kier molecular flexibility index (Phi) is 3.17. The van der Waals surface area contributed by atoms with Gasteiger partial charge in [-0.2, -0.15) is 0 Å². The average molecular weight is 323 g/mol. The van der Waals surface area contributed by atoms with Gasteiger partial charge in [-0.25, -0.2) is 4.98 Å². The fourth-order valence-electron chi connectivity index (χ4n) is 3.51. The van der Waals surface area contributed by atoms with E-state index in [0.29, 0.717) is 0 Å². The van der Waals surface area contributed by atoms with Crippen molar-refractivity contribution in [3.8, 4) is 0 Å². The van der Waals surface area contributed by atoms with Crippen molar-refractivity contribution in [1.82, 2.24) is 9.97 Å². The van der Waals surface area contributed by atoms with Crippen LogP contribution in [-0.4, -0.2) is 9.97 Å². The third-order valence-corrected chi connectivity index (χ3v) is 4.70. The number of aromatic amines is 1. The number of nitrogens with one attached hydrogen (secondary N) is 2. The summed E-state index contributed by atoms with van der Waals surface area (Å²) in [6.45, 7) is 0.724. The highest BCUT2D eigenvalue weighted by Crippen LogP contribution is 2.29. The lowest BCUT2D eigenvalue weighted by Gasteiger charge is -2.12. The Morgan fingerprint density at radius 1 is 0.760 bits per heavy atom. The summed E-state index contributed by atoms with van der Waals surface area (Å²) in [7, 11) is 0. The standard InChI is InChI=1S/C22H17N3/c1-3-9-17-15(7-1)13-16-8-2-4-10-18(16)19(17)14-23-22-24-20-11-5-6-12-21(20)25-22/h1-13H,14H2,(H2,23,24,25). The van der Waals surface area contributed by atoms with Gasteiger partial charge in [0.25, 0.3) is 0 Å². The largest absolute Gasteiger partial charge is 0.352 e. The molecule has 0 aliphatic rings. The fraction of sp³-hybridized carbons (Fsp3) is 0.0455. The summed E-state index contributed by atoms with van der Waals surface area (Å²) in [6.07, 6.45) is 0. The van der Waals surface area contributed by atoms with Crippen LogP contribution in [0.5, 0.6) is 0 Å². The zero-order chi connectivity index (χ0) is 16.6. The van der Waals surface area contributed by atoms with Crippen LogP contribution in [0.1, 0.15) is 5.56 Å². The number of nitrogens with zero attached hydrogens (tertiary/aromatic N) is 1. The van der Waals surface area contributed by atoms with E-state index in [1.165, 1.54) is 27.1 Å². The molecule has 0 unspecified atom stereocenters. The van der Waals surface area contributed by atoms with Crippen molar-refractivity contribution in [2.24, 2.45) is 0 Å². The molecule has 0 aliphatic carbocycles. The van der Waals surface area contributed by atoms with Crippen molar-refractivity contribution in [2.75, 3.05) is 5.32 Å². The number of aromatic nitrogens is 2. The van der Waals surface area contributed by atoms with Gasteiger partial charge in [0.1, 0.15) is 0 Å². The lowest BCUT2D eigenvalue weighted by atomic mass is 9.97. The zero-order valence-electron chi connectivity index (χ0n) is 13.7. The van der Waals surface area contributed by atoms with E-state index in [0.717, 1.165) is 23.5 Å². The summed E-state index contributed by atoms with van der Waals surface area (Å²) in [5, 5.41) is 8.57. The van der Waals surface area contributed by atoms with Crippen molar-refractivity contribution in [2.45, 2.75) is 6.54 Å². The van der Waals surface area contributed by atoms with Crippen LogP contribution in [0.4, 0.5) is 5.95 Å². The maximum atomic E-state index is 4.62. The van der Waals surface area contributed by atoms with E-state index in [9.17, 15) is 0 Å². The minimum atomic E-state index is 0.724. The molecule has 3 nitrogen and oxygen atoms in total. The Morgan fingerprint density at radius 3 is 2.12 bits per heavy atom. The number of fused-ring (bicyclic) bond motifs is 3. The lowest BCUT2D eigenvalue weighted by molar-refractivity contribution is 1.12. The molecule has 0 bridgehead atoms. The normalized spacial score (nSPS) is 11.4. The van der Waals surface area contributed by atoms with Gasteiger partial charge < -0.3 is 10.3 Å². The Bertz CT molecular complexity index is 1120. The molecule has 25 heavy (non-hydrogen) atoms. The summed E-state index contributed by atoms with van der Waals surface area (Å²) in [5.41, 5.74) is 3.33. The molecule has 0 aliphatic heterocycles. The molecule has 0 atom stereocenters. The number of H-pyrrole nitrogens is 1. The first-order valence-corrected chi connectivity index (χ1v) is 8.46. The first-order chi connectivity index (χ1) is 12.4. The third kappa shape index (κ3) is 2.41. The molecule has 3 heteroatoms. The van der Waals surface area contributed by atoms with Gasteiger partial charge in [-0.05, 0) is 45.3 Å². The summed E-state index contributed by atoms with van der Waals surface area (Å²) < 4.78 is 0. The highest BCUT2D eigenvalue weighted by Gasteiger charge is 2.08. The molecule has 5 aromatic rings. The summed E-state index contributed by atoms with van der Waals surface area (Å²) in [4.78, 5) is 7.96. The van der Waals surface area contributed by atoms with E-state index in [2.05, 4.69) is 69.9 Å². The number of rotatable bonds is 3. The molecule has 5 rings (SSSR count). The first-order valence-electron chi connectivity index (χ1n) is 8.46. The molecule has 120 valence electrons. The van der Waals surface area contributed by atoms with E-state index in [1.807, 2.05) is 24.3 Å². The maximum Gasteiger partial charge on any atom is 0.201 e. The zero-order valence-corrected chi connectivity index (χ0v) is 13.7. The molecule has 0 saturated carbocycles. The van der Waals surface area contributed by atoms with E-state index >= 15 is 0 Å². The van der Waals surface area contributed by atoms with Gasteiger partial charge >= 0.3 is 0 Å². The van der Waals surface area contributed by atoms with Crippen molar-refractivity contribution < 1.29 is 0 Å². The lowest BCUT2D eigenvalue weighted by Crippen LogP contribution is -2.02. The fourth-order valence-corrected chi connectivity index (χ4v) is 3.51. The number of hydrogen-bond donors (Lipinski definition) is 2. The average Bonchev–Trinajstić information content (AvgIpc) is 3.08. The van der Waals surface area contributed by atoms with Crippen LogP contribution >= 0.6 is 0 Å². The van der Waals surface area contributed by atoms with Crippen molar-refractivity contribution >= 4 is 38.5 Å². The first kappa shape index (κ1) is 14.1. The van der Waals surface area contributed by atoms with Crippen LogP contribution in [0, 0.1) is 0 Å². The van der Waals surface area contributed by atoms with Gasteiger partial charge in [-0.3, -0.25) is 0 Å². The molecule has 0 fully saturated rings. The van der Waals surface area contributed by atoms with Crippen LogP contribution in [-0.2, 0) is 6.54 Å². The van der Waals surface area contributed by atoms with Crippen LogP contribution in [0.25, 0.3) is 32.6 Å². The Labute approximate surface area is 145 Å². The predicted molar refractivity (Wildman–Crippen MR) is 105 cm³/mol. The van der Waals surface area contributed by atoms with E-state index < -0.39 is 0 Å². The minimum absolute atomic E-state index is 0.724. The molecular weight excluding hydrogens is 306 g/mol. The molecule has 0 spiro atoms. The quantitative estimate of drug-likeness (QED) is 0.432. The second-order valence-electron chi connectivity index (χ2n) is 6.25. The van der Waals surface area contributed by atoms with E-state index in [1.54, 1.807) is 0 Å². The minimum Gasteiger partial charge on any atom is -0.352 e. The number of imidazole rings is 1. The van der Waals surface area contributed by atoms with Gasteiger partial charge in [0, 0.05) is 6.54 Å². The maximum absolute atomic E-state index is 4.62. The second-order valence-corrected chi connectivity index (χ2v) is 6.25. The van der Waals surface area contributed by atoms with Crippen LogP contribution < -0.4 is 5.32 Å². The van der Waals surface area contributed by atoms with Gasteiger partial charge in [0.15, 0.2) is 0 Å². The summed E-state index contributed by atoms with van der Waals surface area (Å²) in [5.74, 6) is 0.804. The predicted octanol–water partition coefficient (Wildman–Crippen LogP) is 5.48. The molecule has 1 heterocycles. The molecule has 0 amide bonds. The number of para-hydroxylation sites is 2. The summed E-state index contributed by atoms with van der Waals surface area (Å²) in [6, 6.07) is 27.5. The highest BCUT2D eigenvalue weighted by molar-refractivity contribution is 6.02. The smallest absolute Gasteiger partial charge is 0.201 e. The number of hydrogen-bond acceptors (Lipinski definition) is 2. The number of anilines is 1. The van der Waals surface area contributed by atoms with E-state index in [4.69, 9.17) is 0 Å². The Hall–Kier alpha value is -3.33. The van der Waals surface area contributed by atoms with E-state index in [-0.39, 0.29) is 0 Å². The molecule has 4 aromatic carbocycles. The van der Waals surface area contributed by atoms with Crippen molar-refractivity contribution in [1.29, 1.82) is 0 Å². The van der Waals surface area contributed by atoms with Crippen molar-refractivity contribution in [3.63, 3.8) is 0 Å². The highest BCUT2D eigenvalue weighted by atomic mass is 15.1. The molecule has 1 aromatic heterocycles. The number of benzene rings is 4. The Morgan fingerprint density at radius 2 is 1.40 bits per heavy atom. The van der Waals surface area contributed by atoms with Crippen LogP contribution in [0.3, 0.4) is 0 Å². The second kappa shape index (κ2) is 5.64. The summed E-state index contributed by atoms with van der Waals surface area (Å²) >= 11 is 0. The Balaban J connectivity index is 1.60.